The maximum absolute atomic E-state index is 11.8. The van der Waals surface area contributed by atoms with Crippen molar-refractivity contribution in [3.63, 3.8) is 0 Å². The van der Waals surface area contributed by atoms with Crippen LogP contribution in [-0.4, -0.2) is 46.9 Å². The number of anilines is 1. The molecule has 0 fully saturated rings. The molecule has 0 unspecified atom stereocenters. The van der Waals surface area contributed by atoms with Gasteiger partial charge >= 0.3 is 0 Å². The van der Waals surface area contributed by atoms with E-state index in [4.69, 9.17) is 10.5 Å². The van der Waals surface area contributed by atoms with Gasteiger partial charge in [0.05, 0.1) is 24.6 Å². The number of hydrogen-bond acceptors (Lipinski definition) is 4. The number of ether oxygens (including phenoxy) is 1. The van der Waals surface area contributed by atoms with E-state index in [1.807, 2.05) is 13.8 Å². The molecule has 2 N–H and O–H groups in total. The molecule has 0 bridgehead atoms. The van der Waals surface area contributed by atoms with Gasteiger partial charge in [-0.25, -0.2) is 0 Å². The summed E-state index contributed by atoms with van der Waals surface area (Å²) in [5.41, 5.74) is 6.07. The molecular weight excluding hydrogens is 220 g/mol. The van der Waals surface area contributed by atoms with Gasteiger partial charge in [-0.15, -0.1) is 0 Å². The summed E-state index contributed by atoms with van der Waals surface area (Å²) in [7, 11) is 1.75. The van der Waals surface area contributed by atoms with Gasteiger partial charge in [-0.3, -0.25) is 9.48 Å². The van der Waals surface area contributed by atoms with Gasteiger partial charge in [0.2, 0.25) is 5.91 Å². The topological polar surface area (TPSA) is 73.4 Å². The van der Waals surface area contributed by atoms with E-state index in [9.17, 15) is 4.79 Å². The summed E-state index contributed by atoms with van der Waals surface area (Å²) in [6, 6.07) is 0. The highest BCUT2D eigenvalue weighted by molar-refractivity contribution is 5.75. The molecule has 0 saturated heterocycles. The van der Waals surface area contributed by atoms with E-state index in [0.717, 1.165) is 0 Å². The fourth-order valence-electron chi connectivity index (χ4n) is 1.28. The van der Waals surface area contributed by atoms with E-state index in [2.05, 4.69) is 5.10 Å². The molecule has 6 heteroatoms. The van der Waals surface area contributed by atoms with Crippen LogP contribution in [0.1, 0.15) is 13.8 Å². The summed E-state index contributed by atoms with van der Waals surface area (Å²) in [5.74, 6) is -0.0135. The maximum Gasteiger partial charge on any atom is 0.244 e. The number of aromatic nitrogens is 2. The molecule has 1 heterocycles. The predicted molar refractivity (Wildman–Crippen MR) is 65.4 cm³/mol. The SMILES string of the molecule is CC(C)OCCN(C)C(=O)Cn1cc(N)cn1. The fraction of sp³-hybridized carbons (Fsp3) is 0.636. The van der Waals surface area contributed by atoms with E-state index in [0.29, 0.717) is 18.8 Å². The van der Waals surface area contributed by atoms with E-state index < -0.39 is 0 Å². The number of hydrogen-bond donors (Lipinski definition) is 1. The molecule has 1 amide bonds. The third-order valence-corrected chi connectivity index (χ3v) is 2.25. The second-order valence-corrected chi connectivity index (χ2v) is 4.21. The highest BCUT2D eigenvalue weighted by Crippen LogP contribution is 1.99. The van der Waals surface area contributed by atoms with Crippen molar-refractivity contribution in [2.24, 2.45) is 0 Å². The van der Waals surface area contributed by atoms with Gasteiger partial charge in [0.1, 0.15) is 6.54 Å². The Morgan fingerprint density at radius 1 is 1.65 bits per heavy atom. The van der Waals surface area contributed by atoms with Gasteiger partial charge in [0, 0.05) is 19.8 Å². The number of carbonyl (C=O) groups is 1. The zero-order valence-electron chi connectivity index (χ0n) is 10.6. The van der Waals surface area contributed by atoms with Crippen LogP contribution >= 0.6 is 0 Å². The average molecular weight is 240 g/mol. The van der Waals surface area contributed by atoms with Crippen LogP contribution in [0.25, 0.3) is 0 Å². The first-order valence-electron chi connectivity index (χ1n) is 5.62. The van der Waals surface area contributed by atoms with Crippen molar-refractivity contribution in [3.05, 3.63) is 12.4 Å². The quantitative estimate of drug-likeness (QED) is 0.778. The van der Waals surface area contributed by atoms with E-state index in [1.165, 1.54) is 10.9 Å². The third-order valence-electron chi connectivity index (χ3n) is 2.25. The summed E-state index contributed by atoms with van der Waals surface area (Å²) < 4.78 is 6.91. The van der Waals surface area contributed by atoms with E-state index in [1.54, 1.807) is 18.1 Å². The molecule has 0 radical (unpaired) electrons. The summed E-state index contributed by atoms with van der Waals surface area (Å²) in [6.45, 7) is 5.26. The van der Waals surface area contributed by atoms with E-state index >= 15 is 0 Å². The van der Waals surface area contributed by atoms with E-state index in [-0.39, 0.29) is 18.6 Å². The molecular formula is C11H20N4O2. The van der Waals surface area contributed by atoms with Crippen LogP contribution in [0.4, 0.5) is 5.69 Å². The molecule has 1 rings (SSSR count). The number of nitrogens with zero attached hydrogens (tertiary/aromatic N) is 3. The minimum Gasteiger partial charge on any atom is -0.396 e. The first-order valence-corrected chi connectivity index (χ1v) is 5.62. The number of nitrogen functional groups attached to an aromatic ring is 1. The van der Waals surface area contributed by atoms with Gasteiger partial charge < -0.3 is 15.4 Å². The molecule has 17 heavy (non-hydrogen) atoms. The molecule has 6 nitrogen and oxygen atoms in total. The Balaban J connectivity index is 2.32. The van der Waals surface area contributed by atoms with Crippen LogP contribution in [0.2, 0.25) is 0 Å². The Hall–Kier alpha value is -1.56. The lowest BCUT2D eigenvalue weighted by molar-refractivity contribution is -0.131. The van der Waals surface area contributed by atoms with Crippen molar-refractivity contribution in [3.8, 4) is 0 Å². The van der Waals surface area contributed by atoms with Crippen molar-refractivity contribution in [2.75, 3.05) is 25.9 Å². The van der Waals surface area contributed by atoms with Gasteiger partial charge in [0.15, 0.2) is 0 Å². The monoisotopic (exact) mass is 240 g/mol. The van der Waals surface area contributed by atoms with Crippen LogP contribution in [0, 0.1) is 0 Å². The minimum atomic E-state index is -0.0135. The zero-order valence-corrected chi connectivity index (χ0v) is 10.6. The van der Waals surface area contributed by atoms with Crippen molar-refractivity contribution >= 4 is 11.6 Å². The summed E-state index contributed by atoms with van der Waals surface area (Å²) in [4.78, 5) is 13.4. The molecule has 0 aromatic carbocycles. The number of rotatable bonds is 6. The first-order chi connectivity index (χ1) is 7.99. The standard InChI is InChI=1S/C11H20N4O2/c1-9(2)17-5-4-14(3)11(16)8-15-7-10(12)6-13-15/h6-7,9H,4-5,8,12H2,1-3H3. The molecule has 1 aromatic rings. The minimum absolute atomic E-state index is 0.0135. The number of amides is 1. The molecule has 0 spiro atoms. The lowest BCUT2D eigenvalue weighted by Gasteiger charge is -2.18. The molecule has 0 saturated carbocycles. The smallest absolute Gasteiger partial charge is 0.244 e. The normalized spacial score (nSPS) is 10.8. The van der Waals surface area contributed by atoms with Gasteiger partial charge in [-0.1, -0.05) is 0 Å². The van der Waals surface area contributed by atoms with Crippen LogP contribution in [-0.2, 0) is 16.1 Å². The molecule has 1 aromatic heterocycles. The third kappa shape index (κ3) is 4.86. The lowest BCUT2D eigenvalue weighted by atomic mass is 10.4. The maximum atomic E-state index is 11.8. The first kappa shape index (κ1) is 13.5. The van der Waals surface area contributed by atoms with Gasteiger partial charge in [-0.2, -0.15) is 5.10 Å². The number of likely N-dealkylation sites (N-methyl/N-ethyl adjacent to an activating group) is 1. The van der Waals surface area contributed by atoms with Crippen molar-refractivity contribution < 1.29 is 9.53 Å². The Labute approximate surface area is 101 Å². The number of carbonyl (C=O) groups excluding carboxylic acids is 1. The predicted octanol–water partition coefficient (Wildman–Crippen LogP) is 0.349. The summed E-state index contributed by atoms with van der Waals surface area (Å²) in [6.07, 6.45) is 3.34. The highest BCUT2D eigenvalue weighted by Gasteiger charge is 2.10. The fourth-order valence-corrected chi connectivity index (χ4v) is 1.28. The van der Waals surface area contributed by atoms with Gasteiger partial charge in [-0.05, 0) is 13.8 Å². The Morgan fingerprint density at radius 2 is 2.35 bits per heavy atom. The second-order valence-electron chi connectivity index (χ2n) is 4.21. The van der Waals surface area contributed by atoms with Gasteiger partial charge in [0.25, 0.3) is 0 Å². The van der Waals surface area contributed by atoms with Crippen molar-refractivity contribution in [1.82, 2.24) is 14.7 Å². The molecule has 0 aliphatic carbocycles. The molecule has 0 aliphatic heterocycles. The molecule has 96 valence electrons. The molecule has 0 aliphatic rings. The van der Waals surface area contributed by atoms with Crippen molar-refractivity contribution in [1.29, 1.82) is 0 Å². The average Bonchev–Trinajstić information content (AvgIpc) is 2.63. The largest absolute Gasteiger partial charge is 0.396 e. The van der Waals surface area contributed by atoms with Crippen LogP contribution in [0.5, 0.6) is 0 Å². The number of nitrogens with two attached hydrogens (primary N) is 1. The van der Waals surface area contributed by atoms with Crippen LogP contribution in [0.3, 0.4) is 0 Å². The summed E-state index contributed by atoms with van der Waals surface area (Å²) >= 11 is 0. The summed E-state index contributed by atoms with van der Waals surface area (Å²) in [5, 5.41) is 3.96. The van der Waals surface area contributed by atoms with Crippen molar-refractivity contribution in [2.45, 2.75) is 26.5 Å². The highest BCUT2D eigenvalue weighted by atomic mass is 16.5. The second kappa shape index (κ2) is 6.24. The lowest BCUT2D eigenvalue weighted by Crippen LogP contribution is -2.33. The van der Waals surface area contributed by atoms with Crippen LogP contribution in [0.15, 0.2) is 12.4 Å². The Bertz CT molecular complexity index is 362. The Morgan fingerprint density at radius 3 is 2.88 bits per heavy atom. The Kier molecular flexibility index (Phi) is 4.96. The zero-order chi connectivity index (χ0) is 12.8. The van der Waals surface area contributed by atoms with Crippen LogP contribution < -0.4 is 5.73 Å². The molecule has 0 atom stereocenters.